The van der Waals surface area contributed by atoms with Crippen LogP contribution in [0.25, 0.3) is 20.7 Å². The number of nitrogens with zero attached hydrogens (tertiary/aromatic N) is 2. The van der Waals surface area contributed by atoms with Crippen LogP contribution in [0.15, 0.2) is 54.7 Å². The zero-order valence-corrected chi connectivity index (χ0v) is 21.5. The number of amides is 3. The van der Waals surface area contributed by atoms with E-state index in [-0.39, 0.29) is 18.4 Å². The third kappa shape index (κ3) is 4.90. The van der Waals surface area contributed by atoms with Gasteiger partial charge < -0.3 is 21.7 Å². The standard InChI is InChI=1S/C25H24ClN5O3S2/c26-23-10-9-22(36-23)21-8-6-15(35-21)5-7-20(32)19-11-14(27)12-31(19)25(34)29-17-13-30(24(28)33)18-4-2-1-3-16(17)18/h1-4,6,8-10,13-14,19H,5,7,11-12,27H2,(H2,28,33)(H,29,34)/t14-,19-/m0/s1. The molecule has 0 bridgehead atoms. The highest BCUT2D eigenvalue weighted by Crippen LogP contribution is 2.36. The Hall–Kier alpha value is -3.18. The summed E-state index contributed by atoms with van der Waals surface area (Å²) >= 11 is 9.21. The van der Waals surface area contributed by atoms with Crippen LogP contribution in [0.3, 0.4) is 0 Å². The van der Waals surface area contributed by atoms with Crippen LogP contribution in [0.4, 0.5) is 15.3 Å². The number of carbonyl (C=O) groups excluding carboxylic acids is 3. The van der Waals surface area contributed by atoms with Crippen LogP contribution in [-0.4, -0.2) is 45.9 Å². The fourth-order valence-electron chi connectivity index (χ4n) is 4.55. The molecule has 0 unspecified atom stereocenters. The van der Waals surface area contributed by atoms with Gasteiger partial charge in [0.05, 0.1) is 21.6 Å². The summed E-state index contributed by atoms with van der Waals surface area (Å²) in [5.41, 5.74) is 12.7. The summed E-state index contributed by atoms with van der Waals surface area (Å²) < 4.78 is 2.02. The highest BCUT2D eigenvalue weighted by Gasteiger charge is 2.38. The Morgan fingerprint density at radius 2 is 1.81 bits per heavy atom. The van der Waals surface area contributed by atoms with Gasteiger partial charge in [-0.25, -0.2) is 9.59 Å². The van der Waals surface area contributed by atoms with Gasteiger partial charge >= 0.3 is 12.1 Å². The van der Waals surface area contributed by atoms with Gasteiger partial charge in [-0.3, -0.25) is 9.36 Å². The van der Waals surface area contributed by atoms with E-state index in [1.54, 1.807) is 29.5 Å². The summed E-state index contributed by atoms with van der Waals surface area (Å²) in [7, 11) is 0. The molecule has 1 aliphatic rings. The molecule has 5 rings (SSSR count). The molecule has 0 spiro atoms. The first kappa shape index (κ1) is 24.5. The molecule has 0 radical (unpaired) electrons. The van der Waals surface area contributed by atoms with E-state index in [0.29, 0.717) is 35.9 Å². The highest BCUT2D eigenvalue weighted by atomic mass is 35.5. The zero-order valence-electron chi connectivity index (χ0n) is 19.1. The highest BCUT2D eigenvalue weighted by molar-refractivity contribution is 7.24. The minimum atomic E-state index is -0.651. The molecular weight excluding hydrogens is 518 g/mol. The monoisotopic (exact) mass is 541 g/mol. The summed E-state index contributed by atoms with van der Waals surface area (Å²) in [5.74, 6) is -0.0215. The van der Waals surface area contributed by atoms with Gasteiger partial charge in [0, 0.05) is 45.2 Å². The van der Waals surface area contributed by atoms with Crippen molar-refractivity contribution in [2.24, 2.45) is 11.5 Å². The number of urea groups is 1. The summed E-state index contributed by atoms with van der Waals surface area (Å²) in [6, 6.07) is 13.1. The third-order valence-electron chi connectivity index (χ3n) is 6.25. The Bertz CT molecular complexity index is 1460. The molecule has 3 aromatic heterocycles. The van der Waals surface area contributed by atoms with Crippen molar-refractivity contribution < 1.29 is 14.4 Å². The van der Waals surface area contributed by atoms with Crippen molar-refractivity contribution in [3.8, 4) is 9.75 Å². The molecule has 3 amide bonds. The van der Waals surface area contributed by atoms with Crippen molar-refractivity contribution in [2.75, 3.05) is 11.9 Å². The number of aromatic nitrogens is 1. The number of nitrogens with two attached hydrogens (primary N) is 2. The number of halogens is 1. The van der Waals surface area contributed by atoms with E-state index in [2.05, 4.69) is 5.32 Å². The number of nitrogens with one attached hydrogen (secondary N) is 1. The van der Waals surface area contributed by atoms with Crippen LogP contribution in [-0.2, 0) is 11.2 Å². The quantitative estimate of drug-likeness (QED) is 0.312. The van der Waals surface area contributed by atoms with Crippen molar-refractivity contribution in [1.29, 1.82) is 0 Å². The summed E-state index contributed by atoms with van der Waals surface area (Å²) in [5, 5.41) is 3.53. The molecule has 4 aromatic rings. The van der Waals surface area contributed by atoms with Crippen molar-refractivity contribution in [3.05, 3.63) is 63.9 Å². The van der Waals surface area contributed by atoms with Crippen LogP contribution in [0.5, 0.6) is 0 Å². The van der Waals surface area contributed by atoms with Crippen LogP contribution in [0.2, 0.25) is 4.34 Å². The molecule has 1 saturated heterocycles. The number of fused-ring (bicyclic) bond motifs is 1. The second-order valence-electron chi connectivity index (χ2n) is 8.70. The minimum Gasteiger partial charge on any atom is -0.351 e. The van der Waals surface area contributed by atoms with Gasteiger partial charge in [0.25, 0.3) is 0 Å². The lowest BCUT2D eigenvalue weighted by Crippen LogP contribution is -2.43. The lowest BCUT2D eigenvalue weighted by molar-refractivity contribution is -0.122. The van der Waals surface area contributed by atoms with E-state index in [4.69, 9.17) is 23.1 Å². The molecule has 186 valence electrons. The number of para-hydroxylation sites is 1. The van der Waals surface area contributed by atoms with E-state index in [9.17, 15) is 14.4 Å². The fourth-order valence-corrected chi connectivity index (χ4v) is 6.69. The van der Waals surface area contributed by atoms with Gasteiger partial charge in [-0.05, 0) is 43.2 Å². The number of thiophene rings is 2. The normalized spacial score (nSPS) is 17.6. The molecule has 0 aliphatic carbocycles. The van der Waals surface area contributed by atoms with Crippen molar-refractivity contribution in [1.82, 2.24) is 9.47 Å². The Morgan fingerprint density at radius 3 is 2.56 bits per heavy atom. The number of primary amides is 1. The first-order chi connectivity index (χ1) is 17.3. The maximum Gasteiger partial charge on any atom is 0.323 e. The molecule has 0 saturated carbocycles. The lowest BCUT2D eigenvalue weighted by Gasteiger charge is -2.23. The Labute approximate surface area is 220 Å². The van der Waals surface area contributed by atoms with E-state index in [0.717, 1.165) is 19.0 Å². The molecule has 8 nitrogen and oxygen atoms in total. The number of hydrogen-bond acceptors (Lipinski definition) is 6. The SMILES string of the molecule is NC(=O)n1cc(NC(=O)N2C[C@@H](N)C[C@H]2C(=O)CCc2ccc(-c3ccc(Cl)s3)s2)c2ccccc21. The first-order valence-electron chi connectivity index (χ1n) is 11.4. The number of likely N-dealkylation sites (tertiary alicyclic amines) is 1. The molecule has 11 heteroatoms. The van der Waals surface area contributed by atoms with E-state index in [1.807, 2.05) is 30.3 Å². The number of benzene rings is 1. The van der Waals surface area contributed by atoms with Crippen molar-refractivity contribution in [3.63, 3.8) is 0 Å². The summed E-state index contributed by atoms with van der Waals surface area (Å²) in [6.45, 7) is 0.277. The van der Waals surface area contributed by atoms with E-state index < -0.39 is 18.1 Å². The molecule has 4 heterocycles. The number of Topliss-reactive ketones (excluding diaryl/α,β-unsaturated/α-hetero) is 1. The zero-order chi connectivity index (χ0) is 25.4. The number of hydrogen-bond donors (Lipinski definition) is 3. The maximum absolute atomic E-state index is 13.2. The van der Waals surface area contributed by atoms with E-state index >= 15 is 0 Å². The second kappa shape index (κ2) is 10.1. The number of rotatable bonds is 6. The van der Waals surface area contributed by atoms with Gasteiger partial charge in [-0.15, -0.1) is 22.7 Å². The number of ketones is 1. The van der Waals surface area contributed by atoms with Crippen molar-refractivity contribution >= 4 is 68.7 Å². The fraction of sp³-hybridized carbons (Fsp3) is 0.240. The predicted molar refractivity (Wildman–Crippen MR) is 145 cm³/mol. The lowest BCUT2D eigenvalue weighted by atomic mass is 10.0. The molecule has 1 aliphatic heterocycles. The van der Waals surface area contributed by atoms with Gasteiger partial charge in [-0.1, -0.05) is 29.8 Å². The second-order valence-corrected chi connectivity index (χ2v) is 11.6. The van der Waals surface area contributed by atoms with Gasteiger partial charge in [0.1, 0.15) is 0 Å². The van der Waals surface area contributed by atoms with Crippen LogP contribution < -0.4 is 16.8 Å². The molecule has 5 N–H and O–H groups in total. The number of anilines is 1. The largest absolute Gasteiger partial charge is 0.351 e. The van der Waals surface area contributed by atoms with Gasteiger partial charge in [-0.2, -0.15) is 0 Å². The molecule has 1 aromatic carbocycles. The summed E-state index contributed by atoms with van der Waals surface area (Å²) in [4.78, 5) is 43.0. The van der Waals surface area contributed by atoms with E-state index in [1.165, 1.54) is 27.0 Å². The Balaban J connectivity index is 1.27. The smallest absolute Gasteiger partial charge is 0.323 e. The molecule has 2 atom stereocenters. The van der Waals surface area contributed by atoms with Gasteiger partial charge in [0.15, 0.2) is 5.78 Å². The number of aryl methyl sites for hydroxylation is 1. The maximum atomic E-state index is 13.2. The average molecular weight is 542 g/mol. The summed E-state index contributed by atoms with van der Waals surface area (Å²) in [6.07, 6.45) is 2.81. The van der Waals surface area contributed by atoms with Crippen LogP contribution in [0, 0.1) is 0 Å². The number of carbonyl (C=O) groups is 3. The predicted octanol–water partition coefficient (Wildman–Crippen LogP) is 5.15. The van der Waals surface area contributed by atoms with Crippen molar-refractivity contribution in [2.45, 2.75) is 31.3 Å². The molecular formula is C25H24ClN5O3S2. The first-order valence-corrected chi connectivity index (χ1v) is 13.4. The Kier molecular flexibility index (Phi) is 6.85. The average Bonchev–Trinajstić information content (AvgIpc) is 3.63. The topological polar surface area (TPSA) is 123 Å². The van der Waals surface area contributed by atoms with Crippen LogP contribution in [0.1, 0.15) is 17.7 Å². The molecule has 36 heavy (non-hydrogen) atoms. The third-order valence-corrected chi connectivity index (χ3v) is 8.82. The Morgan fingerprint density at radius 1 is 1.06 bits per heavy atom. The van der Waals surface area contributed by atoms with Gasteiger partial charge in [0.2, 0.25) is 0 Å². The van der Waals surface area contributed by atoms with Crippen LogP contribution >= 0.6 is 34.3 Å². The molecule has 1 fully saturated rings. The minimum absolute atomic E-state index is 0.0215.